The number of nitrogens with one attached hydrogen (secondary N) is 1. The Morgan fingerprint density at radius 3 is 2.44 bits per heavy atom. The predicted octanol–water partition coefficient (Wildman–Crippen LogP) is 7.96. The monoisotopic (exact) mass is 500 g/mol. The average molecular weight is 501 g/mol. The zero-order valence-corrected chi connectivity index (χ0v) is 22.3. The fourth-order valence-corrected chi connectivity index (χ4v) is 5.69. The second-order valence-electron chi connectivity index (χ2n) is 9.76. The van der Waals surface area contributed by atoms with Crippen LogP contribution in [0.15, 0.2) is 72.8 Å². The van der Waals surface area contributed by atoms with Crippen molar-refractivity contribution in [3.63, 3.8) is 0 Å². The van der Waals surface area contributed by atoms with Crippen LogP contribution in [0.1, 0.15) is 84.8 Å². The number of carbonyl (C=O) groups is 2. The number of benzene rings is 3. The molecule has 5 heteroatoms. The number of anilines is 2. The first kappa shape index (κ1) is 26.0. The van der Waals surface area contributed by atoms with Gasteiger partial charge in [0, 0.05) is 16.9 Å². The average Bonchev–Trinajstić information content (AvgIpc) is 3.28. The quantitative estimate of drug-likeness (QED) is 0.287. The topological polar surface area (TPSA) is 49.4 Å². The number of amides is 2. The third-order valence-corrected chi connectivity index (χ3v) is 7.88. The van der Waals surface area contributed by atoms with Crippen LogP contribution in [-0.4, -0.2) is 17.6 Å². The fourth-order valence-electron chi connectivity index (χ4n) is 4.52. The molecule has 4 nitrogen and oxygen atoms in total. The van der Waals surface area contributed by atoms with Gasteiger partial charge >= 0.3 is 0 Å². The van der Waals surface area contributed by atoms with Gasteiger partial charge in [-0.3, -0.25) is 14.5 Å². The molecule has 1 aliphatic rings. The summed E-state index contributed by atoms with van der Waals surface area (Å²) in [6, 6.07) is 24.0. The summed E-state index contributed by atoms with van der Waals surface area (Å²) in [5.74, 6) is 0.867. The molecular weight excluding hydrogens is 464 g/mol. The minimum absolute atomic E-state index is 0.103. The van der Waals surface area contributed by atoms with Crippen molar-refractivity contribution in [3.05, 3.63) is 95.1 Å². The summed E-state index contributed by atoms with van der Waals surface area (Å²) in [4.78, 5) is 27.6. The zero-order valence-electron chi connectivity index (χ0n) is 21.5. The van der Waals surface area contributed by atoms with Gasteiger partial charge in [-0.2, -0.15) is 0 Å². The summed E-state index contributed by atoms with van der Waals surface area (Å²) in [5, 5.41) is 2.92. The van der Waals surface area contributed by atoms with Crippen LogP contribution in [0.4, 0.5) is 11.4 Å². The van der Waals surface area contributed by atoms with E-state index in [1.165, 1.54) is 36.8 Å². The molecule has 188 valence electrons. The van der Waals surface area contributed by atoms with Crippen LogP contribution >= 0.6 is 11.8 Å². The van der Waals surface area contributed by atoms with Crippen LogP contribution in [0.25, 0.3) is 0 Å². The molecule has 1 fully saturated rings. The van der Waals surface area contributed by atoms with Gasteiger partial charge in [-0.05, 0) is 71.8 Å². The lowest BCUT2D eigenvalue weighted by atomic mass is 10.0. The molecule has 0 radical (unpaired) electrons. The second-order valence-corrected chi connectivity index (χ2v) is 10.8. The van der Waals surface area contributed by atoms with E-state index in [0.717, 1.165) is 23.4 Å². The minimum atomic E-state index is -0.124. The molecule has 1 aliphatic heterocycles. The van der Waals surface area contributed by atoms with Crippen molar-refractivity contribution in [2.24, 2.45) is 0 Å². The molecule has 4 rings (SSSR count). The van der Waals surface area contributed by atoms with E-state index < -0.39 is 0 Å². The standard InChI is InChI=1S/C31H36N2O2S/c1-4-5-6-7-9-23-12-14-25(15-13-23)30(35)32-27-11-8-10-26(20-27)31-33(29(34)21-36-31)28-18-16-24(17-19-28)22(2)3/h8,10-20,22,31H,4-7,9,21H2,1-3H3,(H,32,35)/t31-/m0/s1. The van der Waals surface area contributed by atoms with Crippen molar-refractivity contribution in [2.45, 2.75) is 64.2 Å². The summed E-state index contributed by atoms with van der Waals surface area (Å²) >= 11 is 1.62. The van der Waals surface area contributed by atoms with Crippen LogP contribution in [0.3, 0.4) is 0 Å². The Kier molecular flexibility index (Phi) is 8.87. The van der Waals surface area contributed by atoms with E-state index in [2.05, 4.69) is 50.4 Å². The van der Waals surface area contributed by atoms with Gasteiger partial charge in [0.25, 0.3) is 5.91 Å². The minimum Gasteiger partial charge on any atom is -0.322 e. The second kappa shape index (κ2) is 12.3. The molecule has 0 saturated carbocycles. The van der Waals surface area contributed by atoms with Crippen molar-refractivity contribution in [1.82, 2.24) is 0 Å². The summed E-state index contributed by atoms with van der Waals surface area (Å²) < 4.78 is 0. The SMILES string of the molecule is CCCCCCc1ccc(C(=O)Nc2cccc([C@@H]3SCC(=O)N3c3ccc(C(C)C)cc3)c2)cc1. The Balaban J connectivity index is 1.44. The highest BCUT2D eigenvalue weighted by molar-refractivity contribution is 8.00. The van der Waals surface area contributed by atoms with Crippen molar-refractivity contribution in [1.29, 1.82) is 0 Å². The molecule has 2 amide bonds. The summed E-state index contributed by atoms with van der Waals surface area (Å²) in [6.07, 6.45) is 6.00. The van der Waals surface area contributed by atoms with E-state index in [-0.39, 0.29) is 17.2 Å². The highest BCUT2D eigenvalue weighted by Gasteiger charge is 2.34. The van der Waals surface area contributed by atoms with E-state index in [0.29, 0.717) is 17.2 Å². The predicted molar refractivity (Wildman–Crippen MR) is 152 cm³/mol. The Labute approximate surface area is 219 Å². The van der Waals surface area contributed by atoms with E-state index in [4.69, 9.17) is 0 Å². The van der Waals surface area contributed by atoms with Crippen molar-refractivity contribution >= 4 is 35.0 Å². The molecule has 1 heterocycles. The van der Waals surface area contributed by atoms with Crippen molar-refractivity contribution in [2.75, 3.05) is 16.0 Å². The number of hydrogen-bond donors (Lipinski definition) is 1. The van der Waals surface area contributed by atoms with Crippen LogP contribution < -0.4 is 10.2 Å². The van der Waals surface area contributed by atoms with Gasteiger partial charge < -0.3 is 5.32 Å². The maximum Gasteiger partial charge on any atom is 0.255 e. The lowest BCUT2D eigenvalue weighted by Gasteiger charge is -2.25. The van der Waals surface area contributed by atoms with Crippen LogP contribution in [0.2, 0.25) is 0 Å². The normalized spacial score (nSPS) is 15.5. The Morgan fingerprint density at radius 2 is 1.75 bits per heavy atom. The van der Waals surface area contributed by atoms with Gasteiger partial charge in [-0.1, -0.05) is 76.4 Å². The number of rotatable bonds is 10. The zero-order chi connectivity index (χ0) is 25.5. The number of unbranched alkanes of at least 4 members (excludes halogenated alkanes) is 3. The van der Waals surface area contributed by atoms with Gasteiger partial charge in [0.1, 0.15) is 5.37 Å². The molecule has 3 aromatic rings. The largest absolute Gasteiger partial charge is 0.322 e. The van der Waals surface area contributed by atoms with Gasteiger partial charge in [0.05, 0.1) is 5.75 Å². The first-order valence-corrected chi connectivity index (χ1v) is 14.0. The number of carbonyl (C=O) groups excluding carboxylic acids is 2. The number of hydrogen-bond acceptors (Lipinski definition) is 3. The molecule has 1 atom stereocenters. The number of aryl methyl sites for hydroxylation is 1. The Bertz CT molecular complexity index is 1170. The van der Waals surface area contributed by atoms with Crippen LogP contribution in [0.5, 0.6) is 0 Å². The van der Waals surface area contributed by atoms with Gasteiger partial charge in [-0.25, -0.2) is 0 Å². The van der Waals surface area contributed by atoms with E-state index in [1.54, 1.807) is 11.8 Å². The van der Waals surface area contributed by atoms with Crippen molar-refractivity contribution in [3.8, 4) is 0 Å². The highest BCUT2D eigenvalue weighted by Crippen LogP contribution is 2.42. The van der Waals surface area contributed by atoms with Crippen LogP contribution in [-0.2, 0) is 11.2 Å². The molecule has 0 spiro atoms. The summed E-state index contributed by atoms with van der Waals surface area (Å²) in [7, 11) is 0. The molecule has 0 aromatic heterocycles. The molecule has 0 bridgehead atoms. The van der Waals surface area contributed by atoms with Gasteiger partial charge in [-0.15, -0.1) is 11.8 Å². The maximum atomic E-state index is 12.9. The number of nitrogens with zero attached hydrogens (tertiary/aromatic N) is 1. The third-order valence-electron chi connectivity index (χ3n) is 6.67. The molecule has 36 heavy (non-hydrogen) atoms. The molecule has 0 unspecified atom stereocenters. The first-order chi connectivity index (χ1) is 17.5. The fraction of sp³-hybridized carbons (Fsp3) is 0.355. The smallest absolute Gasteiger partial charge is 0.255 e. The first-order valence-electron chi connectivity index (χ1n) is 13.0. The molecule has 3 aromatic carbocycles. The Morgan fingerprint density at radius 1 is 1.00 bits per heavy atom. The van der Waals surface area contributed by atoms with Gasteiger partial charge in [0.15, 0.2) is 0 Å². The molecule has 1 N–H and O–H groups in total. The molecular formula is C31H36N2O2S. The molecule has 0 aliphatic carbocycles. The maximum absolute atomic E-state index is 12.9. The Hall–Kier alpha value is -3.05. The van der Waals surface area contributed by atoms with E-state index in [9.17, 15) is 9.59 Å². The van der Waals surface area contributed by atoms with Gasteiger partial charge in [0.2, 0.25) is 5.91 Å². The highest BCUT2D eigenvalue weighted by atomic mass is 32.2. The number of thioether (sulfide) groups is 1. The van der Waals surface area contributed by atoms with E-state index in [1.807, 2.05) is 53.4 Å². The van der Waals surface area contributed by atoms with Crippen molar-refractivity contribution < 1.29 is 9.59 Å². The van der Waals surface area contributed by atoms with Crippen LogP contribution in [0, 0.1) is 0 Å². The summed E-state index contributed by atoms with van der Waals surface area (Å²) in [5.41, 5.74) is 5.81. The summed E-state index contributed by atoms with van der Waals surface area (Å²) in [6.45, 7) is 6.55. The lowest BCUT2D eigenvalue weighted by Crippen LogP contribution is -2.27. The third kappa shape index (κ3) is 6.38. The lowest BCUT2D eigenvalue weighted by molar-refractivity contribution is -0.115. The molecule has 1 saturated heterocycles. The van der Waals surface area contributed by atoms with E-state index >= 15 is 0 Å².